The van der Waals surface area contributed by atoms with E-state index < -0.39 is 6.10 Å². The molecule has 0 spiro atoms. The van der Waals surface area contributed by atoms with Crippen LogP contribution >= 0.6 is 0 Å². The lowest BCUT2D eigenvalue weighted by Gasteiger charge is -2.18. The molecule has 2 atom stereocenters. The van der Waals surface area contributed by atoms with Gasteiger partial charge in [0, 0.05) is 19.3 Å². The first-order chi connectivity index (χ1) is 23.4. The number of unbranched alkanes of at least 4 members (excludes halogenated alkanes) is 23. The SMILES string of the molecule is CCCCCCCCCCCC(=O)O[C@@H](COC(=O)CCCCCCCCC)COC(=O)CCCCCCCCCCCCC(C)CC. The highest BCUT2D eigenvalue weighted by Gasteiger charge is 2.19. The summed E-state index contributed by atoms with van der Waals surface area (Å²) >= 11 is 0. The molecular weight excluding hydrogens is 600 g/mol. The molecule has 0 aliphatic carbocycles. The van der Waals surface area contributed by atoms with Gasteiger partial charge in [0.1, 0.15) is 13.2 Å². The summed E-state index contributed by atoms with van der Waals surface area (Å²) < 4.78 is 16.6. The van der Waals surface area contributed by atoms with Crippen LogP contribution in [0.15, 0.2) is 0 Å². The van der Waals surface area contributed by atoms with Crippen LogP contribution in [-0.4, -0.2) is 37.2 Å². The van der Waals surface area contributed by atoms with Crippen molar-refractivity contribution in [1.82, 2.24) is 0 Å². The van der Waals surface area contributed by atoms with Gasteiger partial charge in [0.15, 0.2) is 6.10 Å². The molecule has 0 heterocycles. The molecule has 284 valence electrons. The molecule has 6 nitrogen and oxygen atoms in total. The van der Waals surface area contributed by atoms with Crippen LogP contribution in [-0.2, 0) is 28.6 Å². The predicted molar refractivity (Wildman–Crippen MR) is 201 cm³/mol. The van der Waals surface area contributed by atoms with Gasteiger partial charge in [-0.3, -0.25) is 14.4 Å². The predicted octanol–water partition coefficient (Wildman–Crippen LogP) is 12.8. The molecule has 0 aliphatic heterocycles. The highest BCUT2D eigenvalue weighted by molar-refractivity contribution is 5.71. The van der Waals surface area contributed by atoms with E-state index in [9.17, 15) is 14.4 Å². The third-order valence-corrected chi connectivity index (χ3v) is 9.65. The highest BCUT2D eigenvalue weighted by atomic mass is 16.6. The van der Waals surface area contributed by atoms with E-state index in [0.717, 1.165) is 63.7 Å². The Labute approximate surface area is 298 Å². The van der Waals surface area contributed by atoms with E-state index in [1.165, 1.54) is 122 Å². The summed E-state index contributed by atoms with van der Waals surface area (Å²) in [6.45, 7) is 8.94. The van der Waals surface area contributed by atoms with Crippen molar-refractivity contribution in [3.8, 4) is 0 Å². The van der Waals surface area contributed by atoms with Gasteiger partial charge in [-0.15, -0.1) is 0 Å². The second kappa shape index (κ2) is 36.7. The lowest BCUT2D eigenvalue weighted by molar-refractivity contribution is -0.167. The molecule has 0 saturated carbocycles. The standard InChI is InChI=1S/C42H80O6/c1-5-8-10-12-14-17-23-27-31-35-42(45)48-39(36-46-40(43)33-29-25-20-13-11-9-6-2)37-47-41(44)34-30-26-22-19-16-15-18-21-24-28-32-38(4)7-3/h38-39H,5-37H2,1-4H3/t38?,39-/m0/s1. The molecule has 1 unspecified atom stereocenters. The van der Waals surface area contributed by atoms with Gasteiger partial charge < -0.3 is 14.2 Å². The first-order valence-electron chi connectivity index (χ1n) is 20.9. The van der Waals surface area contributed by atoms with Gasteiger partial charge in [0.25, 0.3) is 0 Å². The van der Waals surface area contributed by atoms with Gasteiger partial charge in [0.2, 0.25) is 0 Å². The molecule has 0 fully saturated rings. The van der Waals surface area contributed by atoms with Crippen LogP contribution in [0.1, 0.15) is 227 Å². The molecule has 0 bridgehead atoms. The minimum atomic E-state index is -0.756. The topological polar surface area (TPSA) is 78.9 Å². The number of ether oxygens (including phenoxy) is 3. The van der Waals surface area contributed by atoms with E-state index >= 15 is 0 Å². The zero-order valence-electron chi connectivity index (χ0n) is 32.4. The smallest absolute Gasteiger partial charge is 0.306 e. The molecular formula is C42H80O6. The van der Waals surface area contributed by atoms with Crippen molar-refractivity contribution in [2.24, 2.45) is 5.92 Å². The number of hydrogen-bond acceptors (Lipinski definition) is 6. The monoisotopic (exact) mass is 681 g/mol. The Hall–Kier alpha value is -1.59. The van der Waals surface area contributed by atoms with E-state index in [0.29, 0.717) is 19.3 Å². The molecule has 0 amide bonds. The van der Waals surface area contributed by atoms with E-state index in [-0.39, 0.29) is 31.1 Å². The van der Waals surface area contributed by atoms with Crippen LogP contribution in [0.25, 0.3) is 0 Å². The zero-order chi connectivity index (χ0) is 35.3. The molecule has 0 radical (unpaired) electrons. The second-order valence-electron chi connectivity index (χ2n) is 14.5. The van der Waals surface area contributed by atoms with Crippen molar-refractivity contribution in [3.05, 3.63) is 0 Å². The van der Waals surface area contributed by atoms with Gasteiger partial charge in [-0.05, 0) is 25.2 Å². The Bertz CT molecular complexity index is 723. The average Bonchev–Trinajstić information content (AvgIpc) is 3.08. The summed E-state index contributed by atoms with van der Waals surface area (Å²) in [6, 6.07) is 0. The third kappa shape index (κ3) is 34.3. The van der Waals surface area contributed by atoms with Crippen molar-refractivity contribution in [2.75, 3.05) is 13.2 Å². The normalized spacial score (nSPS) is 12.5. The molecule has 0 saturated heterocycles. The summed E-state index contributed by atoms with van der Waals surface area (Å²) in [5.74, 6) is 0.000913. The van der Waals surface area contributed by atoms with Crippen molar-refractivity contribution >= 4 is 17.9 Å². The Morgan fingerprint density at radius 1 is 0.417 bits per heavy atom. The van der Waals surface area contributed by atoms with Crippen LogP contribution in [0.3, 0.4) is 0 Å². The molecule has 0 aromatic rings. The van der Waals surface area contributed by atoms with Gasteiger partial charge in [-0.25, -0.2) is 0 Å². The molecule has 0 aromatic heterocycles. The molecule has 0 rings (SSSR count). The molecule has 0 aliphatic rings. The lowest BCUT2D eigenvalue weighted by Crippen LogP contribution is -2.30. The summed E-state index contributed by atoms with van der Waals surface area (Å²) in [7, 11) is 0. The fraction of sp³-hybridized carbons (Fsp3) is 0.929. The van der Waals surface area contributed by atoms with Crippen LogP contribution in [0.2, 0.25) is 0 Å². The van der Waals surface area contributed by atoms with Gasteiger partial charge in [0.05, 0.1) is 0 Å². The Balaban J connectivity index is 4.27. The van der Waals surface area contributed by atoms with Crippen molar-refractivity contribution in [1.29, 1.82) is 0 Å². The Morgan fingerprint density at radius 3 is 1.08 bits per heavy atom. The van der Waals surface area contributed by atoms with Crippen molar-refractivity contribution < 1.29 is 28.6 Å². The summed E-state index contributed by atoms with van der Waals surface area (Å²) in [4.78, 5) is 37.4. The highest BCUT2D eigenvalue weighted by Crippen LogP contribution is 2.16. The molecule has 6 heteroatoms. The number of esters is 3. The lowest BCUT2D eigenvalue weighted by atomic mass is 9.99. The summed E-state index contributed by atoms with van der Waals surface area (Å²) in [5.41, 5.74) is 0. The zero-order valence-corrected chi connectivity index (χ0v) is 32.4. The fourth-order valence-corrected chi connectivity index (χ4v) is 6.06. The van der Waals surface area contributed by atoms with Crippen LogP contribution in [0.4, 0.5) is 0 Å². The first-order valence-corrected chi connectivity index (χ1v) is 20.9. The summed E-state index contributed by atoms with van der Waals surface area (Å²) in [6.07, 6.45) is 33.8. The molecule has 0 aromatic carbocycles. The van der Waals surface area contributed by atoms with Crippen molar-refractivity contribution in [2.45, 2.75) is 233 Å². The minimum absolute atomic E-state index is 0.0651. The number of carbonyl (C=O) groups excluding carboxylic acids is 3. The quantitative estimate of drug-likeness (QED) is 0.0369. The first kappa shape index (κ1) is 46.4. The molecule has 0 N–H and O–H groups in total. The van der Waals surface area contributed by atoms with Gasteiger partial charge in [-0.1, -0.05) is 188 Å². The van der Waals surface area contributed by atoms with Gasteiger partial charge >= 0.3 is 17.9 Å². The van der Waals surface area contributed by atoms with E-state index in [4.69, 9.17) is 14.2 Å². The van der Waals surface area contributed by atoms with E-state index in [1.54, 1.807) is 0 Å². The Morgan fingerprint density at radius 2 is 0.729 bits per heavy atom. The largest absolute Gasteiger partial charge is 0.462 e. The maximum Gasteiger partial charge on any atom is 0.306 e. The second-order valence-corrected chi connectivity index (χ2v) is 14.5. The van der Waals surface area contributed by atoms with Gasteiger partial charge in [-0.2, -0.15) is 0 Å². The number of rotatable bonds is 37. The fourth-order valence-electron chi connectivity index (χ4n) is 6.06. The van der Waals surface area contributed by atoms with E-state index in [1.807, 2.05) is 0 Å². The Kier molecular flexibility index (Phi) is 35.5. The van der Waals surface area contributed by atoms with Crippen LogP contribution in [0, 0.1) is 5.92 Å². The summed E-state index contributed by atoms with van der Waals surface area (Å²) in [5, 5.41) is 0. The molecule has 48 heavy (non-hydrogen) atoms. The maximum atomic E-state index is 12.6. The average molecular weight is 681 g/mol. The van der Waals surface area contributed by atoms with E-state index in [2.05, 4.69) is 27.7 Å². The number of hydrogen-bond donors (Lipinski definition) is 0. The van der Waals surface area contributed by atoms with Crippen LogP contribution < -0.4 is 0 Å². The third-order valence-electron chi connectivity index (χ3n) is 9.65. The van der Waals surface area contributed by atoms with Crippen molar-refractivity contribution in [3.63, 3.8) is 0 Å². The number of carbonyl (C=O) groups is 3. The van der Waals surface area contributed by atoms with Crippen LogP contribution in [0.5, 0.6) is 0 Å². The minimum Gasteiger partial charge on any atom is -0.462 e. The maximum absolute atomic E-state index is 12.6.